The molecule has 1 N–H and O–H groups in total. The minimum atomic E-state index is 0.424. The lowest BCUT2D eigenvalue weighted by molar-refractivity contribution is 0.515. The number of aromatic nitrogens is 2. The predicted molar refractivity (Wildman–Crippen MR) is 86.2 cm³/mol. The van der Waals surface area contributed by atoms with Crippen LogP contribution in [0, 0.1) is 0 Å². The maximum absolute atomic E-state index is 6.11. The first-order valence-electron chi connectivity index (χ1n) is 6.29. The normalized spacial score (nSPS) is 10.6. The molecule has 3 aromatic rings. The highest BCUT2D eigenvalue weighted by molar-refractivity contribution is 9.10. The van der Waals surface area contributed by atoms with Gasteiger partial charge in [0.15, 0.2) is 0 Å². The first-order chi connectivity index (χ1) is 10.2. The van der Waals surface area contributed by atoms with E-state index in [1.165, 1.54) is 0 Å². The van der Waals surface area contributed by atoms with Crippen molar-refractivity contribution in [3.8, 4) is 11.5 Å². The highest BCUT2D eigenvalue weighted by atomic mass is 79.9. The predicted octanol–water partition coefficient (Wildman–Crippen LogP) is 4.76. The van der Waals surface area contributed by atoms with Crippen LogP contribution in [0.15, 0.2) is 57.4 Å². The second-order valence-corrected chi connectivity index (χ2v) is 5.66. The van der Waals surface area contributed by atoms with Gasteiger partial charge in [0.2, 0.25) is 11.8 Å². The van der Waals surface area contributed by atoms with Crippen molar-refractivity contribution in [3.05, 3.63) is 63.9 Å². The average Bonchev–Trinajstić information content (AvgIpc) is 2.96. The highest BCUT2D eigenvalue weighted by Crippen LogP contribution is 2.26. The fraction of sp³-hybridized carbons (Fsp3) is 0.0667. The van der Waals surface area contributed by atoms with Crippen molar-refractivity contribution in [2.24, 2.45) is 0 Å². The molecule has 0 fully saturated rings. The van der Waals surface area contributed by atoms with E-state index < -0.39 is 0 Å². The van der Waals surface area contributed by atoms with E-state index in [4.69, 9.17) is 16.0 Å². The Morgan fingerprint density at radius 3 is 2.57 bits per heavy atom. The second-order valence-electron chi connectivity index (χ2n) is 4.34. The van der Waals surface area contributed by atoms with E-state index in [1.54, 1.807) is 6.07 Å². The Labute approximate surface area is 135 Å². The molecule has 106 valence electrons. The Bertz CT molecular complexity index is 743. The van der Waals surface area contributed by atoms with E-state index in [9.17, 15) is 0 Å². The fourth-order valence-electron chi connectivity index (χ4n) is 1.81. The maximum atomic E-state index is 6.11. The first kappa shape index (κ1) is 14.1. The number of rotatable bonds is 4. The molecule has 0 spiro atoms. The fourth-order valence-corrected chi connectivity index (χ4v) is 2.29. The van der Waals surface area contributed by atoms with Gasteiger partial charge in [0, 0.05) is 10.2 Å². The molecular weight excluding hydrogens is 354 g/mol. The number of anilines is 1. The smallest absolute Gasteiger partial charge is 0.249 e. The van der Waals surface area contributed by atoms with Crippen molar-refractivity contribution >= 4 is 33.2 Å². The molecule has 3 rings (SSSR count). The Morgan fingerprint density at radius 2 is 1.81 bits per heavy atom. The van der Waals surface area contributed by atoms with Crippen LogP contribution in [0.3, 0.4) is 0 Å². The summed E-state index contributed by atoms with van der Waals surface area (Å²) in [6, 6.07) is 15.2. The van der Waals surface area contributed by atoms with E-state index in [-0.39, 0.29) is 0 Å². The molecular formula is C15H11BrClN3O. The Balaban J connectivity index is 1.71. The topological polar surface area (TPSA) is 51.0 Å². The van der Waals surface area contributed by atoms with Gasteiger partial charge in [0.05, 0.1) is 17.1 Å². The number of nitrogens with zero attached hydrogens (tertiary/aromatic N) is 2. The van der Waals surface area contributed by atoms with E-state index in [0.717, 1.165) is 15.7 Å². The van der Waals surface area contributed by atoms with Crippen molar-refractivity contribution in [1.29, 1.82) is 0 Å². The minimum absolute atomic E-state index is 0.424. The summed E-state index contributed by atoms with van der Waals surface area (Å²) in [5, 5.41) is 11.9. The molecule has 2 aromatic carbocycles. The van der Waals surface area contributed by atoms with E-state index >= 15 is 0 Å². The van der Waals surface area contributed by atoms with E-state index in [0.29, 0.717) is 23.3 Å². The van der Waals surface area contributed by atoms with Crippen LogP contribution < -0.4 is 5.32 Å². The third kappa shape index (κ3) is 3.43. The molecule has 0 aliphatic carbocycles. The monoisotopic (exact) mass is 363 g/mol. The van der Waals surface area contributed by atoms with Crippen LogP contribution in [0.2, 0.25) is 5.02 Å². The SMILES string of the molecule is Clc1ccccc1-c1nnc(CNc2ccc(Br)cc2)o1. The van der Waals surface area contributed by atoms with E-state index in [1.807, 2.05) is 42.5 Å². The summed E-state index contributed by atoms with van der Waals surface area (Å²) >= 11 is 9.50. The zero-order chi connectivity index (χ0) is 14.7. The maximum Gasteiger partial charge on any atom is 0.249 e. The lowest BCUT2D eigenvalue weighted by Crippen LogP contribution is -1.99. The van der Waals surface area contributed by atoms with Crippen molar-refractivity contribution in [1.82, 2.24) is 10.2 Å². The van der Waals surface area contributed by atoms with Crippen LogP contribution in [0.4, 0.5) is 5.69 Å². The molecule has 0 atom stereocenters. The Morgan fingerprint density at radius 1 is 1.05 bits per heavy atom. The van der Waals surface area contributed by atoms with Gasteiger partial charge in [-0.05, 0) is 36.4 Å². The molecule has 21 heavy (non-hydrogen) atoms. The van der Waals surface area contributed by atoms with E-state index in [2.05, 4.69) is 31.4 Å². The summed E-state index contributed by atoms with van der Waals surface area (Å²) in [5.41, 5.74) is 1.72. The van der Waals surface area contributed by atoms with Gasteiger partial charge in [-0.1, -0.05) is 39.7 Å². The van der Waals surface area contributed by atoms with Crippen molar-refractivity contribution in [2.45, 2.75) is 6.54 Å². The molecule has 4 nitrogen and oxygen atoms in total. The zero-order valence-electron chi connectivity index (χ0n) is 10.9. The number of hydrogen-bond donors (Lipinski definition) is 1. The first-order valence-corrected chi connectivity index (χ1v) is 7.46. The lowest BCUT2D eigenvalue weighted by atomic mass is 10.2. The number of benzene rings is 2. The van der Waals surface area contributed by atoms with Crippen LogP contribution in [0.25, 0.3) is 11.5 Å². The zero-order valence-corrected chi connectivity index (χ0v) is 13.2. The molecule has 0 radical (unpaired) electrons. The largest absolute Gasteiger partial charge is 0.419 e. The van der Waals surface area contributed by atoms with Gasteiger partial charge < -0.3 is 9.73 Å². The highest BCUT2D eigenvalue weighted by Gasteiger charge is 2.11. The number of halogens is 2. The van der Waals surface area contributed by atoms with Gasteiger partial charge in [-0.2, -0.15) is 0 Å². The molecule has 0 amide bonds. The van der Waals surface area contributed by atoms with Gasteiger partial charge in [-0.25, -0.2) is 0 Å². The molecule has 1 aromatic heterocycles. The molecule has 0 aliphatic rings. The van der Waals surface area contributed by atoms with Gasteiger partial charge in [0.25, 0.3) is 0 Å². The quantitative estimate of drug-likeness (QED) is 0.725. The van der Waals surface area contributed by atoms with Gasteiger partial charge in [0.1, 0.15) is 0 Å². The molecule has 0 unspecified atom stereocenters. The summed E-state index contributed by atoms with van der Waals surface area (Å²) in [5.74, 6) is 0.932. The standard InChI is InChI=1S/C15H11BrClN3O/c16-10-5-7-11(8-6-10)18-9-14-19-20-15(21-14)12-3-1-2-4-13(12)17/h1-8,18H,9H2. The summed E-state index contributed by atoms with van der Waals surface area (Å²) in [7, 11) is 0. The number of hydrogen-bond acceptors (Lipinski definition) is 4. The number of nitrogens with one attached hydrogen (secondary N) is 1. The molecule has 0 saturated carbocycles. The summed E-state index contributed by atoms with van der Waals surface area (Å²) in [6.07, 6.45) is 0. The van der Waals surface area contributed by atoms with Crippen LogP contribution in [-0.2, 0) is 6.54 Å². The van der Waals surface area contributed by atoms with Crippen LogP contribution in [0.1, 0.15) is 5.89 Å². The summed E-state index contributed by atoms with van der Waals surface area (Å²) in [4.78, 5) is 0. The van der Waals surface area contributed by atoms with Crippen molar-refractivity contribution < 1.29 is 4.42 Å². The minimum Gasteiger partial charge on any atom is -0.419 e. The lowest BCUT2D eigenvalue weighted by Gasteiger charge is -2.03. The summed E-state index contributed by atoms with van der Waals surface area (Å²) in [6.45, 7) is 0.457. The van der Waals surface area contributed by atoms with Crippen LogP contribution in [0.5, 0.6) is 0 Å². The van der Waals surface area contributed by atoms with Crippen LogP contribution in [-0.4, -0.2) is 10.2 Å². The van der Waals surface area contributed by atoms with Crippen LogP contribution >= 0.6 is 27.5 Å². The molecule has 0 saturated heterocycles. The third-order valence-corrected chi connectivity index (χ3v) is 3.72. The Kier molecular flexibility index (Phi) is 4.22. The van der Waals surface area contributed by atoms with Gasteiger partial charge in [-0.15, -0.1) is 10.2 Å². The molecule has 0 bridgehead atoms. The molecule has 0 aliphatic heterocycles. The second kappa shape index (κ2) is 6.28. The Hall–Kier alpha value is -1.85. The van der Waals surface area contributed by atoms with Gasteiger partial charge >= 0.3 is 0 Å². The van der Waals surface area contributed by atoms with Crippen molar-refractivity contribution in [2.75, 3.05) is 5.32 Å². The molecule has 6 heteroatoms. The van der Waals surface area contributed by atoms with Gasteiger partial charge in [-0.3, -0.25) is 0 Å². The summed E-state index contributed by atoms with van der Waals surface area (Å²) < 4.78 is 6.65. The average molecular weight is 365 g/mol. The third-order valence-electron chi connectivity index (χ3n) is 2.86. The van der Waals surface area contributed by atoms with Crippen molar-refractivity contribution in [3.63, 3.8) is 0 Å². The molecule has 1 heterocycles.